The molecule has 1 unspecified atom stereocenters. The van der Waals surface area contributed by atoms with Gasteiger partial charge < -0.3 is 20.1 Å². The standard InChI is InChI=1S/C25H28N4O3/c1-4-31-25(30)21-16(3)32-23(27)19(14-26)22(21)18-13-17-9-8-15(2)12-20(17)28-24(18)29-10-6-5-7-11-29/h8-9,12-13,22H,4-7,10-11,27H2,1-3H3. The van der Waals surface area contributed by atoms with Crippen LogP contribution in [-0.4, -0.2) is 30.6 Å². The van der Waals surface area contributed by atoms with Gasteiger partial charge >= 0.3 is 5.97 Å². The molecule has 0 aliphatic carbocycles. The van der Waals surface area contributed by atoms with Gasteiger partial charge in [-0.25, -0.2) is 9.78 Å². The Bertz CT molecular complexity index is 1170. The number of allylic oxidation sites excluding steroid dienone is 2. The zero-order chi connectivity index (χ0) is 22.8. The third-order valence-electron chi connectivity index (χ3n) is 6.05. The first-order valence-electron chi connectivity index (χ1n) is 11.1. The van der Waals surface area contributed by atoms with Crippen LogP contribution in [-0.2, 0) is 14.3 Å². The molecular weight excluding hydrogens is 404 g/mol. The number of nitriles is 1. The number of carbonyl (C=O) groups is 1. The third-order valence-corrected chi connectivity index (χ3v) is 6.05. The molecule has 2 N–H and O–H groups in total. The van der Waals surface area contributed by atoms with Crippen LogP contribution in [0.4, 0.5) is 5.82 Å². The lowest BCUT2D eigenvalue weighted by Gasteiger charge is -2.33. The summed E-state index contributed by atoms with van der Waals surface area (Å²) in [6.07, 6.45) is 3.33. The Balaban J connectivity index is 1.99. The van der Waals surface area contributed by atoms with Crippen LogP contribution in [0.15, 0.2) is 47.1 Å². The maximum Gasteiger partial charge on any atom is 0.338 e. The first kappa shape index (κ1) is 21.7. The zero-order valence-corrected chi connectivity index (χ0v) is 18.8. The highest BCUT2D eigenvalue weighted by Gasteiger charge is 2.39. The maximum absolute atomic E-state index is 13.0. The molecule has 1 fully saturated rings. The molecule has 7 nitrogen and oxygen atoms in total. The molecule has 2 aliphatic rings. The molecular formula is C25H28N4O3. The number of piperidine rings is 1. The monoisotopic (exact) mass is 432 g/mol. The molecule has 2 aromatic rings. The number of hydrogen-bond donors (Lipinski definition) is 1. The van der Waals surface area contributed by atoms with Gasteiger partial charge in [-0.15, -0.1) is 0 Å². The second-order valence-corrected chi connectivity index (χ2v) is 8.26. The number of pyridine rings is 1. The van der Waals surface area contributed by atoms with E-state index in [-0.39, 0.29) is 18.1 Å². The van der Waals surface area contributed by atoms with E-state index in [1.54, 1.807) is 13.8 Å². The van der Waals surface area contributed by atoms with Gasteiger partial charge in [-0.3, -0.25) is 0 Å². The number of aromatic nitrogens is 1. The Labute approximate surface area is 188 Å². The molecule has 0 spiro atoms. The van der Waals surface area contributed by atoms with Gasteiger partial charge in [0, 0.05) is 24.0 Å². The molecule has 1 atom stereocenters. The van der Waals surface area contributed by atoms with E-state index in [0.29, 0.717) is 11.3 Å². The van der Waals surface area contributed by atoms with E-state index >= 15 is 0 Å². The van der Waals surface area contributed by atoms with Gasteiger partial charge in [0.1, 0.15) is 23.2 Å². The van der Waals surface area contributed by atoms with Crippen molar-refractivity contribution in [1.82, 2.24) is 4.98 Å². The lowest BCUT2D eigenvalue weighted by molar-refractivity contribution is -0.139. The molecule has 0 radical (unpaired) electrons. The SMILES string of the molecule is CCOC(=O)C1=C(C)OC(N)=C(C#N)C1c1cc2ccc(C)cc2nc1N1CCCCC1. The molecule has 32 heavy (non-hydrogen) atoms. The number of fused-ring (bicyclic) bond motifs is 1. The fraction of sp³-hybridized carbons (Fsp3) is 0.400. The van der Waals surface area contributed by atoms with Crippen molar-refractivity contribution < 1.29 is 14.3 Å². The van der Waals surface area contributed by atoms with Crippen molar-refractivity contribution in [3.8, 4) is 6.07 Å². The lowest BCUT2D eigenvalue weighted by Crippen LogP contribution is -2.33. The van der Waals surface area contributed by atoms with Crippen LogP contribution in [0.3, 0.4) is 0 Å². The Kier molecular flexibility index (Phi) is 6.04. The van der Waals surface area contributed by atoms with Crippen molar-refractivity contribution >= 4 is 22.7 Å². The van der Waals surface area contributed by atoms with Crippen molar-refractivity contribution in [3.63, 3.8) is 0 Å². The molecule has 4 rings (SSSR count). The van der Waals surface area contributed by atoms with Crippen molar-refractivity contribution in [2.45, 2.75) is 46.0 Å². The second kappa shape index (κ2) is 8.91. The molecule has 7 heteroatoms. The highest BCUT2D eigenvalue weighted by molar-refractivity contribution is 5.94. The summed E-state index contributed by atoms with van der Waals surface area (Å²) in [6.45, 7) is 7.44. The summed E-state index contributed by atoms with van der Waals surface area (Å²) >= 11 is 0. The number of benzene rings is 1. The summed E-state index contributed by atoms with van der Waals surface area (Å²) in [5.74, 6) is -0.0770. The first-order chi connectivity index (χ1) is 15.4. The van der Waals surface area contributed by atoms with Gasteiger partial charge in [0.2, 0.25) is 5.88 Å². The molecule has 0 saturated carbocycles. The van der Waals surface area contributed by atoms with E-state index in [1.165, 1.54) is 6.42 Å². The highest BCUT2D eigenvalue weighted by atomic mass is 16.5. The normalized spacial score (nSPS) is 19.1. The van der Waals surface area contributed by atoms with Gasteiger partial charge in [0.05, 0.1) is 23.6 Å². The minimum atomic E-state index is -0.706. The van der Waals surface area contributed by atoms with Crippen molar-refractivity contribution in [2.24, 2.45) is 5.73 Å². The van der Waals surface area contributed by atoms with Crippen LogP contribution in [0.2, 0.25) is 0 Å². The van der Waals surface area contributed by atoms with Gasteiger partial charge in [-0.1, -0.05) is 12.1 Å². The predicted molar refractivity (Wildman–Crippen MR) is 123 cm³/mol. The average Bonchev–Trinajstić information content (AvgIpc) is 2.78. The first-order valence-corrected chi connectivity index (χ1v) is 11.1. The van der Waals surface area contributed by atoms with Gasteiger partial charge in [0.15, 0.2) is 0 Å². The summed E-state index contributed by atoms with van der Waals surface area (Å²) in [7, 11) is 0. The average molecular weight is 433 g/mol. The van der Waals surface area contributed by atoms with Crippen LogP contribution < -0.4 is 10.6 Å². The summed E-state index contributed by atoms with van der Waals surface area (Å²) in [5.41, 5.74) is 9.39. The summed E-state index contributed by atoms with van der Waals surface area (Å²) in [4.78, 5) is 20.3. The molecule has 3 heterocycles. The largest absolute Gasteiger partial charge is 0.463 e. The number of anilines is 1. The number of nitrogens with two attached hydrogens (primary N) is 1. The molecule has 0 amide bonds. The predicted octanol–water partition coefficient (Wildman–Crippen LogP) is 4.18. The number of hydrogen-bond acceptors (Lipinski definition) is 7. The number of carbonyl (C=O) groups excluding carboxylic acids is 1. The molecule has 1 saturated heterocycles. The Morgan fingerprint density at radius 3 is 2.72 bits per heavy atom. The zero-order valence-electron chi connectivity index (χ0n) is 18.8. The van der Waals surface area contributed by atoms with E-state index < -0.39 is 11.9 Å². The fourth-order valence-electron chi connectivity index (χ4n) is 4.52. The van der Waals surface area contributed by atoms with Crippen LogP contribution in [0.5, 0.6) is 0 Å². The molecule has 1 aromatic carbocycles. The van der Waals surface area contributed by atoms with Gasteiger partial charge in [-0.2, -0.15) is 5.26 Å². The lowest BCUT2D eigenvalue weighted by atomic mass is 9.82. The van der Waals surface area contributed by atoms with Crippen LogP contribution in [0.25, 0.3) is 10.9 Å². The Morgan fingerprint density at radius 1 is 1.28 bits per heavy atom. The van der Waals surface area contributed by atoms with Crippen LogP contribution >= 0.6 is 0 Å². The molecule has 166 valence electrons. The fourth-order valence-corrected chi connectivity index (χ4v) is 4.52. The maximum atomic E-state index is 13.0. The number of rotatable bonds is 4. The number of esters is 1. The Hall–Kier alpha value is -3.53. The summed E-state index contributed by atoms with van der Waals surface area (Å²) < 4.78 is 10.9. The van der Waals surface area contributed by atoms with Gasteiger partial charge in [-0.05, 0) is 57.7 Å². The smallest absolute Gasteiger partial charge is 0.338 e. The van der Waals surface area contributed by atoms with Crippen LogP contribution in [0, 0.1) is 18.3 Å². The van der Waals surface area contributed by atoms with E-state index in [4.69, 9.17) is 20.2 Å². The van der Waals surface area contributed by atoms with E-state index in [2.05, 4.69) is 17.0 Å². The summed E-state index contributed by atoms with van der Waals surface area (Å²) in [5, 5.41) is 10.9. The third kappa shape index (κ3) is 3.89. The summed E-state index contributed by atoms with van der Waals surface area (Å²) in [6, 6.07) is 10.3. The van der Waals surface area contributed by atoms with Crippen molar-refractivity contribution in [1.29, 1.82) is 5.26 Å². The topological polar surface area (TPSA) is 101 Å². The van der Waals surface area contributed by atoms with E-state index in [0.717, 1.165) is 53.8 Å². The minimum absolute atomic E-state index is 0.0108. The van der Waals surface area contributed by atoms with Crippen LogP contribution in [0.1, 0.15) is 50.2 Å². The number of nitrogens with zero attached hydrogens (tertiary/aromatic N) is 3. The van der Waals surface area contributed by atoms with E-state index in [9.17, 15) is 10.1 Å². The highest BCUT2D eigenvalue weighted by Crippen LogP contribution is 2.44. The quantitative estimate of drug-likeness (QED) is 0.723. The molecule has 0 bridgehead atoms. The van der Waals surface area contributed by atoms with Gasteiger partial charge in [0.25, 0.3) is 0 Å². The number of aryl methyl sites for hydroxylation is 1. The minimum Gasteiger partial charge on any atom is -0.463 e. The van der Waals surface area contributed by atoms with Crippen molar-refractivity contribution in [3.05, 3.63) is 58.2 Å². The Morgan fingerprint density at radius 2 is 2.03 bits per heavy atom. The van der Waals surface area contributed by atoms with E-state index in [1.807, 2.05) is 25.1 Å². The molecule has 1 aromatic heterocycles. The van der Waals surface area contributed by atoms with Crippen molar-refractivity contribution in [2.75, 3.05) is 24.6 Å². The second-order valence-electron chi connectivity index (χ2n) is 8.26. The molecule has 2 aliphatic heterocycles. The number of ether oxygens (including phenoxy) is 2.